The molecule has 1 fully saturated rings. The van der Waals surface area contributed by atoms with Crippen LogP contribution in [0.1, 0.15) is 38.2 Å². The predicted molar refractivity (Wildman–Crippen MR) is 75.6 cm³/mol. The van der Waals surface area contributed by atoms with Crippen LogP contribution in [0.2, 0.25) is 0 Å². The molecule has 2 aromatic heterocycles. The molecule has 108 valence electrons. The van der Waals surface area contributed by atoms with E-state index < -0.39 is 0 Å². The molecule has 5 nitrogen and oxygen atoms in total. The summed E-state index contributed by atoms with van der Waals surface area (Å²) in [7, 11) is 0. The third-order valence-electron chi connectivity index (χ3n) is 3.37. The van der Waals surface area contributed by atoms with E-state index >= 15 is 0 Å². The molecule has 20 heavy (non-hydrogen) atoms. The fourth-order valence-corrected chi connectivity index (χ4v) is 2.81. The number of thiophene rings is 1. The van der Waals surface area contributed by atoms with Crippen LogP contribution in [0.15, 0.2) is 21.3 Å². The Labute approximate surface area is 121 Å². The highest BCUT2D eigenvalue weighted by Crippen LogP contribution is 2.23. The van der Waals surface area contributed by atoms with E-state index in [0.29, 0.717) is 18.3 Å². The van der Waals surface area contributed by atoms with Crippen LogP contribution in [0.25, 0.3) is 11.4 Å². The molecule has 2 aromatic rings. The Morgan fingerprint density at radius 2 is 2.45 bits per heavy atom. The first-order chi connectivity index (χ1) is 9.83. The van der Waals surface area contributed by atoms with Gasteiger partial charge in [-0.1, -0.05) is 5.16 Å². The Kier molecular flexibility index (Phi) is 4.44. The zero-order chi connectivity index (χ0) is 13.8. The third-order valence-corrected chi connectivity index (χ3v) is 4.06. The Bertz CT molecular complexity index is 520. The third kappa shape index (κ3) is 3.26. The lowest BCUT2D eigenvalue weighted by Gasteiger charge is -2.23. The second-order valence-electron chi connectivity index (χ2n) is 4.93. The highest BCUT2D eigenvalue weighted by molar-refractivity contribution is 7.08. The van der Waals surface area contributed by atoms with Gasteiger partial charge in [-0.2, -0.15) is 16.3 Å². The SMILES string of the molecule is CC(OCC1CCCCO1)c1nc(-c2ccsc2)no1. The van der Waals surface area contributed by atoms with Crippen LogP contribution in [0.5, 0.6) is 0 Å². The zero-order valence-electron chi connectivity index (χ0n) is 11.4. The van der Waals surface area contributed by atoms with Crippen LogP contribution in [0.4, 0.5) is 0 Å². The smallest absolute Gasteiger partial charge is 0.255 e. The second-order valence-corrected chi connectivity index (χ2v) is 5.71. The number of hydrogen-bond donors (Lipinski definition) is 0. The van der Waals surface area contributed by atoms with Crippen LogP contribution in [0.3, 0.4) is 0 Å². The van der Waals surface area contributed by atoms with Crippen molar-refractivity contribution in [3.63, 3.8) is 0 Å². The van der Waals surface area contributed by atoms with Crippen molar-refractivity contribution in [2.75, 3.05) is 13.2 Å². The Morgan fingerprint density at radius 3 is 3.20 bits per heavy atom. The van der Waals surface area contributed by atoms with Crippen molar-refractivity contribution in [1.82, 2.24) is 10.1 Å². The minimum atomic E-state index is -0.208. The van der Waals surface area contributed by atoms with E-state index in [2.05, 4.69) is 10.1 Å². The molecule has 1 aliphatic heterocycles. The quantitative estimate of drug-likeness (QED) is 0.845. The molecule has 3 heterocycles. The maximum atomic E-state index is 5.78. The first-order valence-electron chi connectivity index (χ1n) is 6.92. The summed E-state index contributed by atoms with van der Waals surface area (Å²) >= 11 is 1.61. The first kappa shape index (κ1) is 13.7. The molecule has 0 saturated carbocycles. The molecule has 1 aliphatic rings. The van der Waals surface area contributed by atoms with Gasteiger partial charge in [0.25, 0.3) is 5.89 Å². The summed E-state index contributed by atoms with van der Waals surface area (Å²) in [5.74, 6) is 1.13. The molecule has 0 amide bonds. The monoisotopic (exact) mass is 294 g/mol. The number of hydrogen-bond acceptors (Lipinski definition) is 6. The van der Waals surface area contributed by atoms with Gasteiger partial charge in [0.05, 0.1) is 12.7 Å². The lowest BCUT2D eigenvalue weighted by atomic mass is 10.1. The molecule has 2 atom stereocenters. The Balaban J connectivity index is 1.55. The molecule has 0 bridgehead atoms. The van der Waals surface area contributed by atoms with E-state index in [1.165, 1.54) is 6.42 Å². The van der Waals surface area contributed by atoms with Crippen molar-refractivity contribution in [2.45, 2.75) is 38.4 Å². The van der Waals surface area contributed by atoms with Crippen molar-refractivity contribution in [1.29, 1.82) is 0 Å². The number of aromatic nitrogens is 2. The molecule has 0 spiro atoms. The van der Waals surface area contributed by atoms with E-state index in [1.807, 2.05) is 23.8 Å². The minimum Gasteiger partial charge on any atom is -0.376 e. The summed E-state index contributed by atoms with van der Waals surface area (Å²) in [6, 6.07) is 1.97. The standard InChI is InChI=1S/C14H18N2O3S/c1-10(18-8-12-4-2-3-6-17-12)14-15-13(16-19-14)11-5-7-20-9-11/h5,7,9-10,12H,2-4,6,8H2,1H3. The molecule has 0 aromatic carbocycles. The van der Waals surface area contributed by atoms with Crippen LogP contribution < -0.4 is 0 Å². The van der Waals surface area contributed by atoms with E-state index in [0.717, 1.165) is 25.0 Å². The summed E-state index contributed by atoms with van der Waals surface area (Å²) in [6.07, 6.45) is 3.42. The lowest BCUT2D eigenvalue weighted by Crippen LogP contribution is -2.25. The van der Waals surface area contributed by atoms with Gasteiger partial charge < -0.3 is 14.0 Å². The van der Waals surface area contributed by atoms with Crippen molar-refractivity contribution in [2.24, 2.45) is 0 Å². The van der Waals surface area contributed by atoms with Gasteiger partial charge in [0, 0.05) is 17.6 Å². The molecule has 6 heteroatoms. The van der Waals surface area contributed by atoms with Gasteiger partial charge in [0.1, 0.15) is 6.10 Å². The molecular formula is C14H18N2O3S. The minimum absolute atomic E-state index is 0.200. The van der Waals surface area contributed by atoms with Crippen molar-refractivity contribution in [3.8, 4) is 11.4 Å². The van der Waals surface area contributed by atoms with Gasteiger partial charge in [-0.05, 0) is 37.6 Å². The molecule has 0 aliphatic carbocycles. The summed E-state index contributed by atoms with van der Waals surface area (Å²) in [6.45, 7) is 3.34. The van der Waals surface area contributed by atoms with Crippen molar-refractivity contribution < 1.29 is 14.0 Å². The van der Waals surface area contributed by atoms with Crippen LogP contribution in [0, 0.1) is 0 Å². The molecule has 3 rings (SSSR count). The second kappa shape index (κ2) is 6.47. The highest BCUT2D eigenvalue weighted by Gasteiger charge is 2.19. The van der Waals surface area contributed by atoms with Crippen LogP contribution >= 0.6 is 11.3 Å². The summed E-state index contributed by atoms with van der Waals surface area (Å²) in [5, 5.41) is 7.97. The van der Waals surface area contributed by atoms with Crippen LogP contribution in [-0.4, -0.2) is 29.5 Å². The van der Waals surface area contributed by atoms with Gasteiger partial charge >= 0.3 is 0 Å². The van der Waals surface area contributed by atoms with E-state index in [1.54, 1.807) is 11.3 Å². The molecule has 1 saturated heterocycles. The molecule has 0 radical (unpaired) electrons. The molecule has 0 N–H and O–H groups in total. The van der Waals surface area contributed by atoms with E-state index in [4.69, 9.17) is 14.0 Å². The van der Waals surface area contributed by atoms with Crippen molar-refractivity contribution >= 4 is 11.3 Å². The van der Waals surface area contributed by atoms with Gasteiger partial charge in [-0.3, -0.25) is 0 Å². The van der Waals surface area contributed by atoms with Gasteiger partial charge in [0.2, 0.25) is 5.82 Å². The van der Waals surface area contributed by atoms with Crippen molar-refractivity contribution in [3.05, 3.63) is 22.7 Å². The topological polar surface area (TPSA) is 57.4 Å². The average molecular weight is 294 g/mol. The van der Waals surface area contributed by atoms with Gasteiger partial charge in [-0.25, -0.2) is 0 Å². The number of rotatable bonds is 5. The highest BCUT2D eigenvalue weighted by atomic mass is 32.1. The number of nitrogens with zero attached hydrogens (tertiary/aromatic N) is 2. The van der Waals surface area contributed by atoms with Gasteiger partial charge in [0.15, 0.2) is 0 Å². The van der Waals surface area contributed by atoms with Crippen LogP contribution in [-0.2, 0) is 9.47 Å². The fourth-order valence-electron chi connectivity index (χ4n) is 2.17. The predicted octanol–water partition coefficient (Wildman–Crippen LogP) is 3.44. The summed E-state index contributed by atoms with van der Waals surface area (Å²) in [4.78, 5) is 4.38. The zero-order valence-corrected chi connectivity index (χ0v) is 12.3. The largest absolute Gasteiger partial charge is 0.376 e. The Hall–Kier alpha value is -1.24. The molecule has 2 unspecified atom stereocenters. The van der Waals surface area contributed by atoms with E-state index in [9.17, 15) is 0 Å². The number of ether oxygens (including phenoxy) is 2. The summed E-state index contributed by atoms with van der Waals surface area (Å²) < 4.78 is 16.7. The summed E-state index contributed by atoms with van der Waals surface area (Å²) in [5.41, 5.74) is 0.979. The van der Waals surface area contributed by atoms with Gasteiger partial charge in [-0.15, -0.1) is 0 Å². The lowest BCUT2D eigenvalue weighted by molar-refractivity contribution is -0.0656. The Morgan fingerprint density at radius 1 is 1.50 bits per heavy atom. The first-order valence-corrected chi connectivity index (χ1v) is 7.86. The fraction of sp³-hybridized carbons (Fsp3) is 0.571. The van der Waals surface area contributed by atoms with E-state index in [-0.39, 0.29) is 12.2 Å². The normalized spacial score (nSPS) is 20.9. The maximum Gasteiger partial charge on any atom is 0.255 e. The average Bonchev–Trinajstić information content (AvgIpc) is 3.16. The maximum absolute atomic E-state index is 5.78. The molecular weight excluding hydrogens is 276 g/mol.